The van der Waals surface area contributed by atoms with Crippen LogP contribution in [-0.4, -0.2) is 17.9 Å². The van der Waals surface area contributed by atoms with Crippen molar-refractivity contribution in [2.24, 2.45) is 15.9 Å². The summed E-state index contributed by atoms with van der Waals surface area (Å²) < 4.78 is 8.94. The summed E-state index contributed by atoms with van der Waals surface area (Å²) in [5.41, 5.74) is 9.25. The molecule has 4 nitrogen and oxygen atoms in total. The topological polar surface area (TPSA) is 61.7 Å². The number of fused-ring (bicyclic) bond motifs is 5. The number of nitrogens with one attached hydrogen (secondary N) is 1. The number of furan rings is 1. The van der Waals surface area contributed by atoms with Crippen LogP contribution < -0.4 is 0 Å². The van der Waals surface area contributed by atoms with E-state index in [2.05, 4.69) is 134 Å². The summed E-state index contributed by atoms with van der Waals surface area (Å²) in [4.78, 5) is 10.2. The van der Waals surface area contributed by atoms with Crippen molar-refractivity contribution in [3.63, 3.8) is 0 Å². The van der Waals surface area contributed by atoms with Crippen molar-refractivity contribution in [3.05, 3.63) is 192 Å². The van der Waals surface area contributed by atoms with Gasteiger partial charge in [0.25, 0.3) is 0 Å². The second-order valence-electron chi connectivity index (χ2n) is 13.4. The standard InChI is InChI=1S/C49H35N3OS/c1-2-3-21-43-42(47-39(20-12-22-44(47)53-43)36-18-11-17-35(28-36)32-13-5-4-6-14-32)31-51-49(52-48(50)37-25-24-33-15-7-8-16-34(33)29-37)38-26-27-46-41(30-38)40-19-9-10-23-45(40)54-46/h2-28,30-31,37,50H,1,29H2/b21-3-,50-48?,51-31?,52-49?. The Hall–Kier alpha value is -6.69. The lowest BCUT2D eigenvalue weighted by Crippen LogP contribution is -2.17. The first kappa shape index (κ1) is 33.2. The molecule has 1 aliphatic carbocycles. The number of benzene rings is 6. The average molecular weight is 714 g/mol. The minimum absolute atomic E-state index is 0.167. The van der Waals surface area contributed by atoms with Gasteiger partial charge < -0.3 is 4.42 Å². The number of allylic oxidation sites excluding steroid dienone is 2. The highest BCUT2D eigenvalue weighted by Gasteiger charge is 2.20. The predicted molar refractivity (Wildman–Crippen MR) is 230 cm³/mol. The highest BCUT2D eigenvalue weighted by atomic mass is 32.1. The van der Waals surface area contributed by atoms with Gasteiger partial charge in [-0.2, -0.15) is 0 Å². The molecule has 0 saturated carbocycles. The fourth-order valence-electron chi connectivity index (χ4n) is 7.29. The summed E-state index contributed by atoms with van der Waals surface area (Å²) in [6, 6.07) is 48.4. The highest BCUT2D eigenvalue weighted by Crippen LogP contribution is 2.37. The zero-order valence-electron chi connectivity index (χ0n) is 29.4. The lowest BCUT2D eigenvalue weighted by Gasteiger charge is -2.18. The van der Waals surface area contributed by atoms with Crippen LogP contribution in [0.4, 0.5) is 0 Å². The lowest BCUT2D eigenvalue weighted by molar-refractivity contribution is 0.603. The summed E-state index contributed by atoms with van der Waals surface area (Å²) in [6.07, 6.45) is 12.3. The number of hydrogen-bond donors (Lipinski definition) is 1. The quantitative estimate of drug-likeness (QED) is 0.0997. The molecule has 1 unspecified atom stereocenters. The van der Waals surface area contributed by atoms with E-state index in [-0.39, 0.29) is 11.8 Å². The number of hydrogen-bond acceptors (Lipinski definition) is 3. The van der Waals surface area contributed by atoms with Gasteiger partial charge in [-0.1, -0.05) is 134 Å². The molecule has 0 radical (unpaired) electrons. The normalized spacial score (nSPS) is 14.4. The van der Waals surface area contributed by atoms with Crippen LogP contribution in [0.3, 0.4) is 0 Å². The van der Waals surface area contributed by atoms with Crippen LogP contribution in [0.25, 0.3) is 65.5 Å². The van der Waals surface area contributed by atoms with Crippen LogP contribution in [0.2, 0.25) is 0 Å². The van der Waals surface area contributed by atoms with E-state index in [0.29, 0.717) is 18.0 Å². The molecule has 1 atom stereocenters. The first-order chi connectivity index (χ1) is 26.6. The van der Waals surface area contributed by atoms with Crippen molar-refractivity contribution >= 4 is 72.5 Å². The van der Waals surface area contributed by atoms with Gasteiger partial charge in [-0.3, -0.25) is 5.41 Å². The van der Waals surface area contributed by atoms with E-state index in [9.17, 15) is 5.41 Å². The largest absolute Gasteiger partial charge is 0.456 e. The van der Waals surface area contributed by atoms with E-state index < -0.39 is 0 Å². The van der Waals surface area contributed by atoms with E-state index in [4.69, 9.17) is 14.4 Å². The molecule has 1 aliphatic rings. The van der Waals surface area contributed by atoms with Crippen LogP contribution in [0, 0.1) is 11.3 Å². The minimum atomic E-state index is -0.167. The van der Waals surface area contributed by atoms with Gasteiger partial charge in [0.2, 0.25) is 0 Å². The molecule has 0 saturated heterocycles. The molecule has 5 heteroatoms. The molecule has 9 rings (SSSR count). The fraction of sp³-hybridized carbons (Fsp3) is 0.0408. The van der Waals surface area contributed by atoms with E-state index in [1.807, 2.05) is 42.6 Å². The smallest absolute Gasteiger partial charge is 0.161 e. The van der Waals surface area contributed by atoms with Gasteiger partial charge in [0.05, 0.1) is 0 Å². The van der Waals surface area contributed by atoms with Crippen molar-refractivity contribution in [2.45, 2.75) is 6.42 Å². The molecular formula is C49H35N3OS. The Kier molecular flexibility index (Phi) is 8.83. The molecule has 0 aliphatic heterocycles. The Bertz CT molecular complexity index is 2850. The number of thiophene rings is 1. The Morgan fingerprint density at radius 2 is 1.54 bits per heavy atom. The second kappa shape index (κ2) is 14.4. The van der Waals surface area contributed by atoms with Crippen molar-refractivity contribution in [2.75, 3.05) is 0 Å². The summed E-state index contributed by atoms with van der Waals surface area (Å²) in [5.74, 6) is 1.24. The molecule has 2 aromatic heterocycles. The first-order valence-electron chi connectivity index (χ1n) is 18.0. The maximum absolute atomic E-state index is 9.27. The Balaban J connectivity index is 1.19. The molecule has 258 valence electrons. The van der Waals surface area contributed by atoms with Gasteiger partial charge in [0.1, 0.15) is 17.2 Å². The van der Waals surface area contributed by atoms with Crippen molar-refractivity contribution < 1.29 is 4.42 Å². The zero-order valence-corrected chi connectivity index (χ0v) is 30.3. The van der Waals surface area contributed by atoms with Crippen LogP contribution >= 0.6 is 11.3 Å². The third-order valence-electron chi connectivity index (χ3n) is 9.98. The maximum atomic E-state index is 9.27. The third-order valence-corrected chi connectivity index (χ3v) is 11.1. The number of aliphatic imine (C=N–C) groups is 2. The summed E-state index contributed by atoms with van der Waals surface area (Å²) in [6.45, 7) is 3.90. The Labute approximate surface area is 318 Å². The van der Waals surface area contributed by atoms with Gasteiger partial charge in [0.15, 0.2) is 5.84 Å². The van der Waals surface area contributed by atoms with Crippen molar-refractivity contribution in [1.29, 1.82) is 5.41 Å². The number of rotatable bonds is 7. The van der Waals surface area contributed by atoms with E-state index in [1.54, 1.807) is 17.4 Å². The lowest BCUT2D eigenvalue weighted by atomic mass is 9.89. The van der Waals surface area contributed by atoms with Gasteiger partial charge in [-0.15, -0.1) is 11.3 Å². The predicted octanol–water partition coefficient (Wildman–Crippen LogP) is 13.1. The molecular weight excluding hydrogens is 679 g/mol. The van der Waals surface area contributed by atoms with Gasteiger partial charge in [-0.05, 0) is 82.3 Å². The summed E-state index contributed by atoms with van der Waals surface area (Å²) in [7, 11) is 0. The minimum Gasteiger partial charge on any atom is -0.456 e. The second-order valence-corrected chi connectivity index (χ2v) is 14.4. The maximum Gasteiger partial charge on any atom is 0.161 e. The van der Waals surface area contributed by atoms with Crippen LogP contribution in [0.5, 0.6) is 0 Å². The molecule has 0 spiro atoms. The highest BCUT2D eigenvalue weighted by molar-refractivity contribution is 7.25. The summed E-state index contributed by atoms with van der Waals surface area (Å²) in [5, 5.41) is 12.6. The molecule has 0 bridgehead atoms. The van der Waals surface area contributed by atoms with Crippen LogP contribution in [-0.2, 0) is 6.42 Å². The van der Waals surface area contributed by atoms with Crippen LogP contribution in [0.1, 0.15) is 28.0 Å². The molecule has 0 amide bonds. The van der Waals surface area contributed by atoms with E-state index in [1.165, 1.54) is 25.9 Å². The molecule has 2 heterocycles. The monoisotopic (exact) mass is 713 g/mol. The molecule has 1 N–H and O–H groups in total. The molecule has 54 heavy (non-hydrogen) atoms. The van der Waals surface area contributed by atoms with Gasteiger partial charge >= 0.3 is 0 Å². The van der Waals surface area contributed by atoms with Crippen LogP contribution in [0.15, 0.2) is 179 Å². The van der Waals surface area contributed by atoms with Crippen molar-refractivity contribution in [1.82, 2.24) is 0 Å². The fourth-order valence-corrected chi connectivity index (χ4v) is 8.37. The average Bonchev–Trinajstić information content (AvgIpc) is 3.79. The van der Waals surface area contributed by atoms with Crippen molar-refractivity contribution in [3.8, 4) is 22.3 Å². The Morgan fingerprint density at radius 1 is 0.759 bits per heavy atom. The molecule has 6 aromatic carbocycles. The number of amidine groups is 2. The molecule has 0 fully saturated rings. The first-order valence-corrected chi connectivity index (χ1v) is 18.8. The van der Waals surface area contributed by atoms with Gasteiger partial charge in [-0.25, -0.2) is 9.98 Å². The third kappa shape index (κ3) is 6.36. The zero-order chi connectivity index (χ0) is 36.4. The Morgan fingerprint density at radius 3 is 2.44 bits per heavy atom. The van der Waals surface area contributed by atoms with E-state index in [0.717, 1.165) is 49.7 Å². The number of nitrogens with zero attached hydrogens (tertiary/aromatic N) is 2. The van der Waals surface area contributed by atoms with E-state index >= 15 is 0 Å². The molecule has 8 aromatic rings. The SMILES string of the molecule is C=C/C=C\c1oc2cccc(-c3cccc(-c4ccccc4)c3)c2c1C=NC(=NC(=N)C1C=Cc2ccccc2C1)c1ccc2sc3ccccc3c2c1. The summed E-state index contributed by atoms with van der Waals surface area (Å²) >= 11 is 1.78. The van der Waals surface area contributed by atoms with Gasteiger partial charge in [0, 0.05) is 48.8 Å².